The zero-order valence-corrected chi connectivity index (χ0v) is 13.1. The summed E-state index contributed by atoms with van der Waals surface area (Å²) in [5, 5.41) is 0. The number of fused-ring (bicyclic) bond motifs is 3. The molecule has 2 aromatic heterocycles. The number of imidazole rings is 1. The fraction of sp³-hybridized carbons (Fsp3) is 0.158. The number of benzene rings is 2. The van der Waals surface area contributed by atoms with E-state index in [4.69, 9.17) is 0 Å². The number of aromatic amines is 1. The maximum absolute atomic E-state index is 13.0. The van der Waals surface area contributed by atoms with E-state index in [9.17, 15) is 4.79 Å². The number of aryl methyl sites for hydroxylation is 2. The van der Waals surface area contributed by atoms with E-state index in [1.165, 1.54) is 5.56 Å². The molecule has 1 N–H and O–H groups in total. The number of nitrogens with one attached hydrogen (secondary N) is 1. The van der Waals surface area contributed by atoms with Gasteiger partial charge >= 0.3 is 0 Å². The highest BCUT2D eigenvalue weighted by Crippen LogP contribution is 2.16. The number of H-pyrrole nitrogens is 1. The minimum absolute atomic E-state index is 0.00598. The molecule has 0 saturated carbocycles. The number of rotatable bonds is 2. The minimum atomic E-state index is 0.00598. The smallest absolute Gasteiger partial charge is 0.263 e. The maximum Gasteiger partial charge on any atom is 0.263 e. The van der Waals surface area contributed by atoms with E-state index in [0.717, 1.165) is 27.9 Å². The molecule has 0 aliphatic heterocycles. The van der Waals surface area contributed by atoms with Crippen LogP contribution in [0.25, 0.3) is 16.8 Å². The van der Waals surface area contributed by atoms with Crippen LogP contribution in [-0.2, 0) is 6.42 Å². The number of para-hydroxylation sites is 2. The Bertz CT molecular complexity index is 1090. The van der Waals surface area contributed by atoms with Gasteiger partial charge in [0, 0.05) is 17.7 Å². The first-order valence-corrected chi connectivity index (χ1v) is 7.68. The SMILES string of the molecule is Cc1cccc(Cc2c(C)[nH]c3nc4ccccc4n3c2=O)c1. The average molecular weight is 303 g/mol. The second-order valence-corrected chi connectivity index (χ2v) is 5.96. The van der Waals surface area contributed by atoms with Crippen LogP contribution in [0.2, 0.25) is 0 Å². The molecule has 0 amide bonds. The highest BCUT2D eigenvalue weighted by atomic mass is 16.1. The molecule has 0 atom stereocenters. The minimum Gasteiger partial charge on any atom is -0.329 e. The van der Waals surface area contributed by atoms with Crippen molar-refractivity contribution in [2.75, 3.05) is 0 Å². The van der Waals surface area contributed by atoms with Crippen molar-refractivity contribution in [3.8, 4) is 0 Å². The molecule has 0 aliphatic carbocycles. The zero-order chi connectivity index (χ0) is 16.0. The van der Waals surface area contributed by atoms with Crippen LogP contribution in [0.3, 0.4) is 0 Å². The molecular formula is C19H17N3O. The first-order chi connectivity index (χ1) is 11.1. The molecule has 0 spiro atoms. The molecule has 23 heavy (non-hydrogen) atoms. The van der Waals surface area contributed by atoms with Crippen molar-refractivity contribution in [3.63, 3.8) is 0 Å². The summed E-state index contributed by atoms with van der Waals surface area (Å²) in [6, 6.07) is 16.0. The molecule has 0 saturated heterocycles. The van der Waals surface area contributed by atoms with Crippen LogP contribution < -0.4 is 5.56 Å². The Morgan fingerprint density at radius 3 is 2.74 bits per heavy atom. The van der Waals surface area contributed by atoms with Gasteiger partial charge in [-0.05, 0) is 31.5 Å². The van der Waals surface area contributed by atoms with Gasteiger partial charge in [0.05, 0.1) is 11.0 Å². The predicted octanol–water partition coefficient (Wildman–Crippen LogP) is 3.38. The molecule has 0 radical (unpaired) electrons. The van der Waals surface area contributed by atoms with Crippen LogP contribution in [-0.4, -0.2) is 14.4 Å². The topological polar surface area (TPSA) is 50.2 Å². The summed E-state index contributed by atoms with van der Waals surface area (Å²) in [5.41, 5.74) is 5.67. The molecule has 0 bridgehead atoms. The summed E-state index contributed by atoms with van der Waals surface area (Å²) in [4.78, 5) is 20.8. The van der Waals surface area contributed by atoms with Crippen molar-refractivity contribution < 1.29 is 0 Å². The van der Waals surface area contributed by atoms with E-state index in [1.807, 2.05) is 37.3 Å². The van der Waals surface area contributed by atoms with E-state index < -0.39 is 0 Å². The summed E-state index contributed by atoms with van der Waals surface area (Å²) in [5.74, 6) is 0.599. The normalized spacial score (nSPS) is 11.4. The lowest BCUT2D eigenvalue weighted by molar-refractivity contribution is 0.967. The zero-order valence-electron chi connectivity index (χ0n) is 13.1. The van der Waals surface area contributed by atoms with Gasteiger partial charge in [0.1, 0.15) is 0 Å². The third-order valence-electron chi connectivity index (χ3n) is 4.24. The fourth-order valence-electron chi connectivity index (χ4n) is 3.09. The van der Waals surface area contributed by atoms with Crippen LogP contribution in [0.1, 0.15) is 22.4 Å². The van der Waals surface area contributed by atoms with Gasteiger partial charge in [-0.2, -0.15) is 0 Å². The third-order valence-corrected chi connectivity index (χ3v) is 4.24. The van der Waals surface area contributed by atoms with Gasteiger partial charge in [0.15, 0.2) is 0 Å². The van der Waals surface area contributed by atoms with Gasteiger partial charge in [-0.15, -0.1) is 0 Å². The largest absolute Gasteiger partial charge is 0.329 e. The molecule has 0 aliphatic rings. The monoisotopic (exact) mass is 303 g/mol. The van der Waals surface area contributed by atoms with Gasteiger partial charge in [0.25, 0.3) is 5.56 Å². The molecule has 2 heterocycles. The van der Waals surface area contributed by atoms with E-state index in [0.29, 0.717) is 12.2 Å². The molecule has 2 aromatic carbocycles. The third kappa shape index (κ3) is 2.23. The van der Waals surface area contributed by atoms with Crippen LogP contribution in [0, 0.1) is 13.8 Å². The number of nitrogens with zero attached hydrogens (tertiary/aromatic N) is 2. The quantitative estimate of drug-likeness (QED) is 0.617. The fourth-order valence-corrected chi connectivity index (χ4v) is 3.09. The molecule has 0 fully saturated rings. The van der Waals surface area contributed by atoms with Crippen molar-refractivity contribution >= 4 is 16.8 Å². The second-order valence-electron chi connectivity index (χ2n) is 5.96. The second kappa shape index (κ2) is 5.09. The highest BCUT2D eigenvalue weighted by molar-refractivity contribution is 5.79. The van der Waals surface area contributed by atoms with Crippen molar-refractivity contribution in [1.29, 1.82) is 0 Å². The molecule has 0 unspecified atom stereocenters. The Kier molecular flexibility index (Phi) is 3.05. The molecule has 114 valence electrons. The van der Waals surface area contributed by atoms with Crippen molar-refractivity contribution in [1.82, 2.24) is 14.4 Å². The number of hydrogen-bond acceptors (Lipinski definition) is 2. The Morgan fingerprint density at radius 1 is 1.09 bits per heavy atom. The molecule has 4 heteroatoms. The van der Waals surface area contributed by atoms with Gasteiger partial charge in [-0.1, -0.05) is 42.0 Å². The summed E-state index contributed by atoms with van der Waals surface area (Å²) in [7, 11) is 0. The van der Waals surface area contributed by atoms with E-state index in [-0.39, 0.29) is 5.56 Å². The van der Waals surface area contributed by atoms with Crippen LogP contribution >= 0.6 is 0 Å². The summed E-state index contributed by atoms with van der Waals surface area (Å²) >= 11 is 0. The number of aromatic nitrogens is 3. The Hall–Kier alpha value is -2.88. The highest BCUT2D eigenvalue weighted by Gasteiger charge is 2.13. The van der Waals surface area contributed by atoms with E-state index >= 15 is 0 Å². The van der Waals surface area contributed by atoms with Gasteiger partial charge < -0.3 is 4.98 Å². The number of hydrogen-bond donors (Lipinski definition) is 1. The molecule has 4 rings (SSSR count). The predicted molar refractivity (Wildman–Crippen MR) is 92.0 cm³/mol. The Labute approximate surface area is 133 Å². The maximum atomic E-state index is 13.0. The standard InChI is InChI=1S/C19H17N3O/c1-12-6-5-7-14(10-12)11-15-13(2)20-19-21-16-8-3-4-9-17(16)22(19)18(15)23/h3-10H,11H2,1-2H3,(H,20,21). The molecule has 4 nitrogen and oxygen atoms in total. The summed E-state index contributed by atoms with van der Waals surface area (Å²) in [6.45, 7) is 4.00. The first-order valence-electron chi connectivity index (χ1n) is 7.68. The van der Waals surface area contributed by atoms with Crippen LogP contribution in [0.5, 0.6) is 0 Å². The lowest BCUT2D eigenvalue weighted by Crippen LogP contribution is -2.21. The van der Waals surface area contributed by atoms with Gasteiger partial charge in [-0.25, -0.2) is 9.38 Å². The van der Waals surface area contributed by atoms with Crippen molar-refractivity contribution in [2.24, 2.45) is 0 Å². The van der Waals surface area contributed by atoms with Crippen molar-refractivity contribution in [3.05, 3.63) is 81.3 Å². The van der Waals surface area contributed by atoms with Crippen molar-refractivity contribution in [2.45, 2.75) is 20.3 Å². The Balaban J connectivity index is 1.96. The van der Waals surface area contributed by atoms with Crippen LogP contribution in [0.4, 0.5) is 0 Å². The Morgan fingerprint density at radius 2 is 1.91 bits per heavy atom. The lowest BCUT2D eigenvalue weighted by Gasteiger charge is -2.07. The van der Waals surface area contributed by atoms with Crippen LogP contribution in [0.15, 0.2) is 53.3 Å². The molecule has 4 aromatic rings. The summed E-state index contributed by atoms with van der Waals surface area (Å²) in [6.07, 6.45) is 0.616. The molecular weight excluding hydrogens is 286 g/mol. The summed E-state index contributed by atoms with van der Waals surface area (Å²) < 4.78 is 1.67. The van der Waals surface area contributed by atoms with Gasteiger partial charge in [0.2, 0.25) is 5.78 Å². The van der Waals surface area contributed by atoms with Gasteiger partial charge in [-0.3, -0.25) is 4.79 Å². The lowest BCUT2D eigenvalue weighted by atomic mass is 10.0. The first kappa shape index (κ1) is 13.8. The average Bonchev–Trinajstić information content (AvgIpc) is 2.89. The van der Waals surface area contributed by atoms with E-state index in [2.05, 4.69) is 35.1 Å². The van der Waals surface area contributed by atoms with E-state index in [1.54, 1.807) is 4.40 Å².